The minimum absolute atomic E-state index is 0.00863. The van der Waals surface area contributed by atoms with Crippen molar-refractivity contribution in [1.29, 1.82) is 0 Å². The predicted octanol–water partition coefficient (Wildman–Crippen LogP) is 4.13. The van der Waals surface area contributed by atoms with E-state index in [0.29, 0.717) is 11.3 Å². The van der Waals surface area contributed by atoms with Crippen molar-refractivity contribution in [3.05, 3.63) is 76.3 Å². The van der Waals surface area contributed by atoms with Crippen molar-refractivity contribution in [1.82, 2.24) is 0 Å². The fraction of sp³-hybridized carbons (Fsp3) is 0.150. The first-order valence-corrected chi connectivity index (χ1v) is 8.19. The third kappa shape index (κ3) is 3.64. The molecule has 3 aromatic carbocycles. The van der Waals surface area contributed by atoms with E-state index in [1.54, 1.807) is 19.1 Å². The number of nitro groups is 1. The molecule has 3 rings (SSSR count). The molecule has 0 unspecified atom stereocenters. The van der Waals surface area contributed by atoms with E-state index in [1.807, 2.05) is 54.4 Å². The molecule has 0 fully saturated rings. The summed E-state index contributed by atoms with van der Waals surface area (Å²) < 4.78 is 0. The first-order valence-electron chi connectivity index (χ1n) is 8.19. The van der Waals surface area contributed by atoms with E-state index in [1.165, 1.54) is 6.07 Å². The van der Waals surface area contributed by atoms with Gasteiger partial charge in [-0.25, -0.2) is 0 Å². The lowest BCUT2D eigenvalue weighted by atomic mass is 10.1. The summed E-state index contributed by atoms with van der Waals surface area (Å²) in [4.78, 5) is 24.8. The molecular weight excluding hydrogens is 330 g/mol. The van der Waals surface area contributed by atoms with Gasteiger partial charge in [0.2, 0.25) is 5.91 Å². The summed E-state index contributed by atoms with van der Waals surface area (Å²) in [5, 5.41) is 16.0. The highest BCUT2D eigenvalue weighted by Crippen LogP contribution is 2.25. The molecule has 0 saturated heterocycles. The molecule has 1 amide bonds. The zero-order valence-electron chi connectivity index (χ0n) is 14.6. The fourth-order valence-corrected chi connectivity index (χ4v) is 2.87. The lowest BCUT2D eigenvalue weighted by Gasteiger charge is -2.19. The lowest BCUT2D eigenvalue weighted by Crippen LogP contribution is -2.30. The summed E-state index contributed by atoms with van der Waals surface area (Å²) in [6.45, 7) is 1.77. The lowest BCUT2D eigenvalue weighted by molar-refractivity contribution is -0.385. The molecule has 0 radical (unpaired) electrons. The smallest absolute Gasteiger partial charge is 0.274 e. The van der Waals surface area contributed by atoms with Crippen molar-refractivity contribution >= 4 is 33.7 Å². The molecule has 0 spiro atoms. The number of carbonyl (C=O) groups excluding carboxylic acids is 1. The van der Waals surface area contributed by atoms with E-state index in [4.69, 9.17) is 0 Å². The number of carbonyl (C=O) groups is 1. The molecule has 0 aliphatic rings. The molecule has 1 N–H and O–H groups in total. The van der Waals surface area contributed by atoms with Crippen molar-refractivity contribution in [2.24, 2.45) is 0 Å². The van der Waals surface area contributed by atoms with E-state index in [0.717, 1.165) is 16.5 Å². The normalized spacial score (nSPS) is 10.5. The first kappa shape index (κ1) is 17.4. The molecular formula is C20H19N3O3. The summed E-state index contributed by atoms with van der Waals surface area (Å²) in [6.07, 6.45) is 0. The number of hydrogen-bond acceptors (Lipinski definition) is 4. The van der Waals surface area contributed by atoms with Crippen molar-refractivity contribution in [2.75, 3.05) is 23.8 Å². The van der Waals surface area contributed by atoms with Gasteiger partial charge in [0.05, 0.1) is 22.7 Å². The number of nitrogens with one attached hydrogen (secondary N) is 1. The molecule has 0 aliphatic carbocycles. The first-order chi connectivity index (χ1) is 12.5. The van der Waals surface area contributed by atoms with Crippen LogP contribution < -0.4 is 10.2 Å². The maximum Gasteiger partial charge on any atom is 0.274 e. The van der Waals surface area contributed by atoms with Gasteiger partial charge in [-0.05, 0) is 35.9 Å². The Morgan fingerprint density at radius 3 is 2.54 bits per heavy atom. The van der Waals surface area contributed by atoms with Gasteiger partial charge in [0.25, 0.3) is 5.69 Å². The Morgan fingerprint density at radius 2 is 1.81 bits per heavy atom. The van der Waals surface area contributed by atoms with Crippen LogP contribution in [-0.4, -0.2) is 24.4 Å². The molecule has 0 bridgehead atoms. The second-order valence-corrected chi connectivity index (χ2v) is 6.14. The Morgan fingerprint density at radius 1 is 1.08 bits per heavy atom. The Balaban J connectivity index is 1.73. The third-order valence-electron chi connectivity index (χ3n) is 4.33. The second kappa shape index (κ2) is 7.23. The zero-order chi connectivity index (χ0) is 18.7. The number of anilines is 2. The van der Waals surface area contributed by atoms with E-state index in [2.05, 4.69) is 5.32 Å². The summed E-state index contributed by atoms with van der Waals surface area (Å²) in [5.41, 5.74) is 1.82. The largest absolute Gasteiger partial charge is 0.365 e. The van der Waals surface area contributed by atoms with Crippen LogP contribution in [0.4, 0.5) is 17.1 Å². The van der Waals surface area contributed by atoms with Gasteiger partial charge in [0, 0.05) is 18.8 Å². The average molecular weight is 349 g/mol. The zero-order valence-corrected chi connectivity index (χ0v) is 14.6. The van der Waals surface area contributed by atoms with Gasteiger partial charge >= 0.3 is 0 Å². The molecule has 6 nitrogen and oxygen atoms in total. The molecule has 6 heteroatoms. The van der Waals surface area contributed by atoms with Crippen LogP contribution in [-0.2, 0) is 4.79 Å². The highest BCUT2D eigenvalue weighted by atomic mass is 16.6. The predicted molar refractivity (Wildman–Crippen MR) is 104 cm³/mol. The highest BCUT2D eigenvalue weighted by Gasteiger charge is 2.15. The molecule has 0 aliphatic heterocycles. The Hall–Kier alpha value is -3.41. The van der Waals surface area contributed by atoms with Gasteiger partial charge in [-0.15, -0.1) is 0 Å². The summed E-state index contributed by atoms with van der Waals surface area (Å²) in [7, 11) is 1.84. The molecule has 0 aromatic heterocycles. The SMILES string of the molecule is Cc1c(NC(=O)CN(C)c2ccc3ccccc3c2)cccc1[N+](=O)[O-]. The fourth-order valence-electron chi connectivity index (χ4n) is 2.87. The number of likely N-dealkylation sites (N-methyl/N-ethyl adjacent to an activating group) is 1. The van der Waals surface area contributed by atoms with Gasteiger partial charge in [0.15, 0.2) is 0 Å². The highest BCUT2D eigenvalue weighted by molar-refractivity contribution is 5.95. The molecule has 132 valence electrons. The molecule has 0 saturated carbocycles. The maximum absolute atomic E-state index is 12.4. The Kier molecular flexibility index (Phi) is 4.84. The summed E-state index contributed by atoms with van der Waals surface area (Å²) >= 11 is 0. The number of rotatable bonds is 5. The third-order valence-corrected chi connectivity index (χ3v) is 4.33. The quantitative estimate of drug-likeness (QED) is 0.555. The number of benzene rings is 3. The van der Waals surface area contributed by atoms with Crippen LogP contribution in [0.5, 0.6) is 0 Å². The minimum Gasteiger partial charge on any atom is -0.365 e. The Bertz CT molecular complexity index is 985. The number of fused-ring (bicyclic) bond motifs is 1. The van der Waals surface area contributed by atoms with Crippen LogP contribution in [0.2, 0.25) is 0 Å². The van der Waals surface area contributed by atoms with E-state index in [9.17, 15) is 14.9 Å². The van der Waals surface area contributed by atoms with Crippen LogP contribution in [0.15, 0.2) is 60.7 Å². The number of hydrogen-bond donors (Lipinski definition) is 1. The van der Waals surface area contributed by atoms with Gasteiger partial charge in [-0.3, -0.25) is 14.9 Å². The number of nitrogens with zero attached hydrogens (tertiary/aromatic N) is 2. The van der Waals surface area contributed by atoms with Crippen molar-refractivity contribution in [2.45, 2.75) is 6.92 Å². The number of nitro benzene ring substituents is 1. The van der Waals surface area contributed by atoms with E-state index in [-0.39, 0.29) is 18.1 Å². The average Bonchev–Trinajstić information content (AvgIpc) is 2.62. The van der Waals surface area contributed by atoms with Crippen LogP contribution in [0.25, 0.3) is 10.8 Å². The van der Waals surface area contributed by atoms with Crippen molar-refractivity contribution in [3.63, 3.8) is 0 Å². The summed E-state index contributed by atoms with van der Waals surface area (Å²) in [5.74, 6) is -0.232. The van der Waals surface area contributed by atoms with Crippen molar-refractivity contribution < 1.29 is 9.72 Å². The molecule has 26 heavy (non-hydrogen) atoms. The monoisotopic (exact) mass is 349 g/mol. The molecule has 3 aromatic rings. The standard InChI is InChI=1S/C20H19N3O3/c1-14-18(8-5-9-19(14)23(25)26)21-20(24)13-22(2)17-11-10-15-6-3-4-7-16(15)12-17/h3-12H,13H2,1-2H3,(H,21,24). The minimum atomic E-state index is -0.452. The second-order valence-electron chi connectivity index (χ2n) is 6.14. The van der Waals surface area contributed by atoms with Crippen LogP contribution in [0.3, 0.4) is 0 Å². The van der Waals surface area contributed by atoms with Crippen molar-refractivity contribution in [3.8, 4) is 0 Å². The molecule has 0 heterocycles. The van der Waals surface area contributed by atoms with Gasteiger partial charge < -0.3 is 10.2 Å². The van der Waals surface area contributed by atoms with Gasteiger partial charge in [-0.2, -0.15) is 0 Å². The van der Waals surface area contributed by atoms with E-state index >= 15 is 0 Å². The van der Waals surface area contributed by atoms with Crippen LogP contribution in [0, 0.1) is 17.0 Å². The summed E-state index contributed by atoms with van der Waals surface area (Å²) in [6, 6.07) is 18.7. The number of amides is 1. The van der Waals surface area contributed by atoms with E-state index < -0.39 is 4.92 Å². The molecule has 0 atom stereocenters. The van der Waals surface area contributed by atoms with Gasteiger partial charge in [-0.1, -0.05) is 36.4 Å². The van der Waals surface area contributed by atoms with Crippen LogP contribution in [0.1, 0.15) is 5.56 Å². The van der Waals surface area contributed by atoms with Gasteiger partial charge in [0.1, 0.15) is 0 Å². The Labute approximate surface area is 151 Å². The van der Waals surface area contributed by atoms with Crippen LogP contribution >= 0.6 is 0 Å². The topological polar surface area (TPSA) is 75.5 Å². The maximum atomic E-state index is 12.4.